The molecule has 10 heteroatoms. The van der Waals surface area contributed by atoms with Crippen LogP contribution in [0.2, 0.25) is 0 Å². The molecule has 1 aliphatic rings. The molecule has 0 aliphatic carbocycles. The van der Waals surface area contributed by atoms with Crippen molar-refractivity contribution in [3.63, 3.8) is 0 Å². The maximum Gasteiger partial charge on any atom is 0.573 e. The smallest absolute Gasteiger partial charge is 0.406 e. The molecule has 1 aromatic carbocycles. The Balaban J connectivity index is 1.79. The Morgan fingerprint density at radius 3 is 2.29 bits per heavy atom. The third-order valence-corrected chi connectivity index (χ3v) is 4.06. The summed E-state index contributed by atoms with van der Waals surface area (Å²) < 4.78 is 45.8. The van der Waals surface area contributed by atoms with E-state index in [2.05, 4.69) is 10.1 Å². The van der Waals surface area contributed by atoms with Crippen molar-refractivity contribution in [1.82, 2.24) is 4.90 Å². The fraction of sp³-hybridized carbons (Fsp3) is 0.556. The van der Waals surface area contributed by atoms with E-state index in [1.807, 2.05) is 13.8 Å². The van der Waals surface area contributed by atoms with E-state index in [0.29, 0.717) is 23.7 Å². The summed E-state index contributed by atoms with van der Waals surface area (Å²) in [5.74, 6) is -0.771. The maximum atomic E-state index is 12.4. The number of ether oxygens (including phenoxy) is 2. The third-order valence-electron chi connectivity index (χ3n) is 4.06. The molecular weight excluding hydrogens is 379 g/mol. The lowest BCUT2D eigenvalue weighted by Crippen LogP contribution is -3.11. The third kappa shape index (κ3) is 7.35. The number of benzene rings is 1. The SMILES string of the molecule is C[C@@H]1CN(C(=O)C[NH+](C)CC(=O)Nc2ccc(OC(F)(F)F)cc2)C[C@@H](C)O1. The summed E-state index contributed by atoms with van der Waals surface area (Å²) in [4.78, 5) is 26.9. The average Bonchev–Trinajstić information content (AvgIpc) is 2.54. The van der Waals surface area contributed by atoms with Gasteiger partial charge in [0.05, 0.1) is 19.3 Å². The van der Waals surface area contributed by atoms with E-state index in [1.165, 1.54) is 12.1 Å². The van der Waals surface area contributed by atoms with E-state index in [-0.39, 0.29) is 42.9 Å². The summed E-state index contributed by atoms with van der Waals surface area (Å²) in [6.07, 6.45) is -4.82. The number of anilines is 1. The van der Waals surface area contributed by atoms with Gasteiger partial charge in [-0.2, -0.15) is 0 Å². The molecule has 0 saturated carbocycles. The molecule has 1 aliphatic heterocycles. The van der Waals surface area contributed by atoms with Crippen molar-refractivity contribution in [3.05, 3.63) is 24.3 Å². The highest BCUT2D eigenvalue weighted by atomic mass is 19.4. The lowest BCUT2D eigenvalue weighted by molar-refractivity contribution is -0.862. The first-order valence-electron chi connectivity index (χ1n) is 8.92. The van der Waals surface area contributed by atoms with Crippen LogP contribution < -0.4 is 15.0 Å². The molecule has 2 N–H and O–H groups in total. The number of carbonyl (C=O) groups excluding carboxylic acids is 2. The Kier molecular flexibility index (Phi) is 7.25. The van der Waals surface area contributed by atoms with Crippen LogP contribution in [0, 0.1) is 0 Å². The molecule has 1 aromatic rings. The quantitative estimate of drug-likeness (QED) is 0.731. The predicted molar refractivity (Wildman–Crippen MR) is 95.0 cm³/mol. The number of hydrogen-bond donors (Lipinski definition) is 2. The monoisotopic (exact) mass is 404 g/mol. The molecule has 0 aromatic heterocycles. The normalized spacial score (nSPS) is 21.1. The number of carbonyl (C=O) groups is 2. The van der Waals surface area contributed by atoms with Crippen LogP contribution in [0.15, 0.2) is 24.3 Å². The van der Waals surface area contributed by atoms with Crippen LogP contribution in [0.5, 0.6) is 5.75 Å². The van der Waals surface area contributed by atoms with Crippen molar-refractivity contribution in [2.45, 2.75) is 32.4 Å². The van der Waals surface area contributed by atoms with Gasteiger partial charge in [0.25, 0.3) is 11.8 Å². The number of halogens is 3. The first-order valence-corrected chi connectivity index (χ1v) is 8.92. The standard InChI is InChI=1S/C18H24F3N3O4/c1-12-8-24(9-13(2)27-12)17(26)11-23(3)10-16(25)22-14-4-6-15(7-5-14)28-18(19,20)21/h4-7,12-13H,8-11H2,1-3H3,(H,22,25)/p+1/t12-,13-/m1/s1. The van der Waals surface area contributed by atoms with E-state index in [1.54, 1.807) is 11.9 Å². The minimum Gasteiger partial charge on any atom is -0.406 e. The van der Waals surface area contributed by atoms with Crippen molar-refractivity contribution in [2.75, 3.05) is 38.5 Å². The van der Waals surface area contributed by atoms with Gasteiger partial charge in [0, 0.05) is 18.8 Å². The molecule has 1 unspecified atom stereocenters. The molecule has 0 bridgehead atoms. The first-order chi connectivity index (χ1) is 13.0. The van der Waals surface area contributed by atoms with Crippen LogP contribution in [0.25, 0.3) is 0 Å². The Hall–Kier alpha value is -2.33. The van der Waals surface area contributed by atoms with Gasteiger partial charge in [0.15, 0.2) is 13.1 Å². The Morgan fingerprint density at radius 1 is 1.18 bits per heavy atom. The number of alkyl halides is 3. The number of likely N-dealkylation sites (N-methyl/N-ethyl adjacent to an activating group) is 1. The highest BCUT2D eigenvalue weighted by Crippen LogP contribution is 2.23. The van der Waals surface area contributed by atoms with Crippen LogP contribution >= 0.6 is 0 Å². The minimum absolute atomic E-state index is 0.0272. The number of quaternary nitrogens is 1. The van der Waals surface area contributed by atoms with Crippen molar-refractivity contribution in [3.8, 4) is 5.75 Å². The van der Waals surface area contributed by atoms with Crippen molar-refractivity contribution >= 4 is 17.5 Å². The van der Waals surface area contributed by atoms with Crippen molar-refractivity contribution in [1.29, 1.82) is 0 Å². The summed E-state index contributed by atoms with van der Waals surface area (Å²) >= 11 is 0. The largest absolute Gasteiger partial charge is 0.573 e. The second-order valence-corrected chi connectivity index (χ2v) is 6.99. The molecule has 2 rings (SSSR count). The zero-order valence-corrected chi connectivity index (χ0v) is 16.0. The van der Waals surface area contributed by atoms with Crippen molar-refractivity contribution < 1.29 is 37.1 Å². The van der Waals surface area contributed by atoms with Crippen LogP contribution in [-0.4, -0.2) is 68.5 Å². The first kappa shape index (κ1) is 22.0. The molecule has 1 saturated heterocycles. The number of rotatable bonds is 6. The summed E-state index contributed by atoms with van der Waals surface area (Å²) in [7, 11) is 1.73. The molecule has 28 heavy (non-hydrogen) atoms. The van der Waals surface area contributed by atoms with E-state index in [9.17, 15) is 22.8 Å². The van der Waals surface area contributed by atoms with Gasteiger partial charge in [-0.15, -0.1) is 13.2 Å². The van der Waals surface area contributed by atoms with Gasteiger partial charge in [0.2, 0.25) is 0 Å². The highest BCUT2D eigenvalue weighted by Gasteiger charge is 2.31. The Labute approximate surface area is 161 Å². The van der Waals surface area contributed by atoms with Crippen molar-refractivity contribution in [2.24, 2.45) is 0 Å². The molecular formula is C18H25F3N3O4+. The highest BCUT2D eigenvalue weighted by molar-refractivity contribution is 5.91. The number of amides is 2. The zero-order valence-electron chi connectivity index (χ0n) is 16.0. The Bertz CT molecular complexity index is 672. The molecule has 1 heterocycles. The number of hydrogen-bond acceptors (Lipinski definition) is 4. The van der Waals surface area contributed by atoms with Gasteiger partial charge in [0.1, 0.15) is 5.75 Å². The van der Waals surface area contributed by atoms with E-state index >= 15 is 0 Å². The van der Waals surface area contributed by atoms with Crippen LogP contribution in [0.4, 0.5) is 18.9 Å². The van der Waals surface area contributed by atoms with Gasteiger partial charge in [-0.3, -0.25) is 9.59 Å². The van der Waals surface area contributed by atoms with E-state index in [0.717, 1.165) is 12.1 Å². The second kappa shape index (κ2) is 9.24. The molecule has 2 amide bonds. The summed E-state index contributed by atoms with van der Waals surface area (Å²) in [6.45, 7) is 5.06. The number of morpholine rings is 1. The Morgan fingerprint density at radius 2 is 1.75 bits per heavy atom. The molecule has 0 radical (unpaired) electrons. The second-order valence-electron chi connectivity index (χ2n) is 6.99. The van der Waals surface area contributed by atoms with Crippen LogP contribution in [0.1, 0.15) is 13.8 Å². The van der Waals surface area contributed by atoms with E-state index in [4.69, 9.17) is 4.74 Å². The van der Waals surface area contributed by atoms with Gasteiger partial charge < -0.3 is 24.6 Å². The minimum atomic E-state index is -4.76. The molecule has 3 atom stereocenters. The van der Waals surface area contributed by atoms with Gasteiger partial charge in [-0.05, 0) is 38.1 Å². The topological polar surface area (TPSA) is 72.3 Å². The molecule has 7 nitrogen and oxygen atoms in total. The fourth-order valence-electron chi connectivity index (χ4n) is 3.03. The molecule has 0 spiro atoms. The number of nitrogens with one attached hydrogen (secondary N) is 2. The lowest BCUT2D eigenvalue weighted by Gasteiger charge is -2.35. The summed E-state index contributed by atoms with van der Waals surface area (Å²) in [5.41, 5.74) is 0.342. The summed E-state index contributed by atoms with van der Waals surface area (Å²) in [6, 6.07) is 4.86. The van der Waals surface area contributed by atoms with Gasteiger partial charge in [-0.25, -0.2) is 0 Å². The fourth-order valence-corrected chi connectivity index (χ4v) is 3.03. The maximum absolute atomic E-state index is 12.4. The number of nitrogens with zero attached hydrogens (tertiary/aromatic N) is 1. The van der Waals surface area contributed by atoms with Crippen LogP contribution in [-0.2, 0) is 14.3 Å². The zero-order chi connectivity index (χ0) is 20.9. The predicted octanol–water partition coefficient (Wildman–Crippen LogP) is 0.674. The average molecular weight is 404 g/mol. The summed E-state index contributed by atoms with van der Waals surface area (Å²) in [5, 5.41) is 2.59. The lowest BCUT2D eigenvalue weighted by atomic mass is 10.2. The van der Waals surface area contributed by atoms with Gasteiger partial charge >= 0.3 is 6.36 Å². The van der Waals surface area contributed by atoms with Gasteiger partial charge in [-0.1, -0.05) is 0 Å². The molecule has 1 fully saturated rings. The van der Waals surface area contributed by atoms with E-state index < -0.39 is 6.36 Å². The van der Waals surface area contributed by atoms with Crippen LogP contribution in [0.3, 0.4) is 0 Å². The molecule has 156 valence electrons.